The minimum atomic E-state index is -1.09. The third-order valence-corrected chi connectivity index (χ3v) is 3.61. The predicted molar refractivity (Wildman–Crippen MR) is 78.5 cm³/mol. The molecule has 0 radical (unpaired) electrons. The van der Waals surface area contributed by atoms with E-state index in [-0.39, 0.29) is 5.71 Å². The van der Waals surface area contributed by atoms with Crippen LogP contribution in [0.2, 0.25) is 0 Å². The maximum Gasteiger partial charge on any atom is 0.442 e. The summed E-state index contributed by atoms with van der Waals surface area (Å²) in [5.74, 6) is -0.406. The molecule has 2 heterocycles. The Bertz CT molecular complexity index is 938. The molecule has 2 N–H and O–H groups in total. The predicted octanol–water partition coefficient (Wildman–Crippen LogP) is 1.81. The van der Waals surface area contributed by atoms with E-state index in [2.05, 4.69) is 0 Å². The second-order valence-corrected chi connectivity index (χ2v) is 5.11. The number of rotatable bonds is 5. The fourth-order valence-corrected chi connectivity index (χ4v) is 2.58. The van der Waals surface area contributed by atoms with E-state index < -0.39 is 17.1 Å². The van der Waals surface area contributed by atoms with Gasteiger partial charge < -0.3 is 14.7 Å². The summed E-state index contributed by atoms with van der Waals surface area (Å²) in [5, 5.41) is 0.574. The van der Waals surface area contributed by atoms with Gasteiger partial charge in [-0.15, -0.1) is 4.57 Å². The van der Waals surface area contributed by atoms with Crippen LogP contribution in [0.3, 0.4) is 0 Å². The molecule has 0 aliphatic heterocycles. The SMILES string of the molecule is NCCCCCc1c2cc(F)ccc2n2oc(=O)c(=O)oc12. The summed E-state index contributed by atoms with van der Waals surface area (Å²) < 4.78 is 24.7. The first-order valence-corrected chi connectivity index (χ1v) is 7.09. The van der Waals surface area contributed by atoms with Gasteiger partial charge in [-0.05, 0) is 44.0 Å². The summed E-state index contributed by atoms with van der Waals surface area (Å²) >= 11 is 0. The highest BCUT2D eigenvalue weighted by molar-refractivity contribution is 5.89. The van der Waals surface area contributed by atoms with E-state index in [4.69, 9.17) is 14.7 Å². The highest BCUT2D eigenvalue weighted by atomic mass is 19.1. The minimum absolute atomic E-state index is 0.151. The third-order valence-electron chi connectivity index (χ3n) is 3.61. The molecule has 0 atom stereocenters. The van der Waals surface area contributed by atoms with E-state index in [9.17, 15) is 14.0 Å². The molecular weight excluding hydrogens is 291 g/mol. The molecule has 1 aromatic carbocycles. The fraction of sp³-hybridized carbons (Fsp3) is 0.333. The molecule has 3 aromatic rings. The Labute approximate surface area is 123 Å². The Kier molecular flexibility index (Phi) is 3.81. The molecule has 116 valence electrons. The van der Waals surface area contributed by atoms with Crippen molar-refractivity contribution in [1.29, 1.82) is 0 Å². The summed E-state index contributed by atoms with van der Waals surface area (Å²) in [6.45, 7) is 0.607. The molecule has 0 fully saturated rings. The Morgan fingerprint density at radius 1 is 1.14 bits per heavy atom. The zero-order valence-electron chi connectivity index (χ0n) is 11.8. The number of nitrogens with zero attached hydrogens (tertiary/aromatic N) is 1. The van der Waals surface area contributed by atoms with Crippen molar-refractivity contribution >= 4 is 16.6 Å². The van der Waals surface area contributed by atoms with Crippen molar-refractivity contribution < 1.29 is 13.3 Å². The molecule has 0 amide bonds. The van der Waals surface area contributed by atoms with Crippen LogP contribution in [0.1, 0.15) is 24.8 Å². The number of aryl methyl sites for hydroxylation is 1. The lowest BCUT2D eigenvalue weighted by atomic mass is 10.1. The number of nitrogens with two attached hydrogens (primary N) is 1. The van der Waals surface area contributed by atoms with Gasteiger partial charge in [0.15, 0.2) is 0 Å². The molecule has 3 rings (SSSR count). The monoisotopic (exact) mass is 306 g/mol. The van der Waals surface area contributed by atoms with E-state index in [1.165, 1.54) is 18.2 Å². The lowest BCUT2D eigenvalue weighted by Crippen LogP contribution is -2.23. The average Bonchev–Trinajstić information content (AvgIpc) is 2.77. The van der Waals surface area contributed by atoms with E-state index in [1.54, 1.807) is 0 Å². The smallest absolute Gasteiger partial charge is 0.397 e. The van der Waals surface area contributed by atoms with Crippen molar-refractivity contribution in [2.24, 2.45) is 5.73 Å². The summed E-state index contributed by atoms with van der Waals surface area (Å²) in [6.07, 6.45) is 3.18. The molecule has 0 aliphatic carbocycles. The number of unbranched alkanes of at least 4 members (excludes halogenated alkanes) is 2. The fourth-order valence-electron chi connectivity index (χ4n) is 2.58. The van der Waals surface area contributed by atoms with Gasteiger partial charge in [0.05, 0.1) is 5.52 Å². The first-order valence-electron chi connectivity index (χ1n) is 7.09. The summed E-state index contributed by atoms with van der Waals surface area (Å²) in [5.41, 5.74) is 4.60. The number of hydrogen-bond acceptors (Lipinski definition) is 5. The largest absolute Gasteiger partial charge is 0.442 e. The van der Waals surface area contributed by atoms with Crippen molar-refractivity contribution in [3.63, 3.8) is 0 Å². The molecule has 22 heavy (non-hydrogen) atoms. The van der Waals surface area contributed by atoms with Crippen LogP contribution in [0.25, 0.3) is 16.6 Å². The number of aromatic nitrogens is 1. The van der Waals surface area contributed by atoms with Crippen LogP contribution >= 0.6 is 0 Å². The van der Waals surface area contributed by atoms with E-state index in [0.29, 0.717) is 29.4 Å². The maximum absolute atomic E-state index is 13.5. The van der Waals surface area contributed by atoms with Crippen molar-refractivity contribution in [1.82, 2.24) is 4.57 Å². The zero-order valence-corrected chi connectivity index (χ0v) is 11.8. The molecule has 0 saturated heterocycles. The number of fused-ring (bicyclic) bond motifs is 3. The van der Waals surface area contributed by atoms with E-state index in [0.717, 1.165) is 23.8 Å². The second-order valence-electron chi connectivity index (χ2n) is 5.11. The second kappa shape index (κ2) is 5.76. The quantitative estimate of drug-likeness (QED) is 0.573. The Hall–Kier alpha value is -2.41. The lowest BCUT2D eigenvalue weighted by molar-refractivity contribution is 0.286. The van der Waals surface area contributed by atoms with Crippen LogP contribution in [0, 0.1) is 5.82 Å². The summed E-state index contributed by atoms with van der Waals surface area (Å²) in [6, 6.07) is 4.10. The molecule has 0 saturated carbocycles. The summed E-state index contributed by atoms with van der Waals surface area (Å²) in [7, 11) is 0. The third kappa shape index (κ3) is 2.43. The molecule has 0 unspecified atom stereocenters. The van der Waals surface area contributed by atoms with Crippen molar-refractivity contribution in [2.45, 2.75) is 25.7 Å². The summed E-state index contributed by atoms with van der Waals surface area (Å²) in [4.78, 5) is 22.8. The average molecular weight is 306 g/mol. The highest BCUT2D eigenvalue weighted by Gasteiger charge is 2.17. The van der Waals surface area contributed by atoms with Gasteiger partial charge in [-0.2, -0.15) is 0 Å². The lowest BCUT2D eigenvalue weighted by Gasteiger charge is -1.99. The van der Waals surface area contributed by atoms with Gasteiger partial charge in [0.25, 0.3) is 0 Å². The van der Waals surface area contributed by atoms with Gasteiger partial charge in [0.1, 0.15) is 5.82 Å². The Balaban J connectivity index is 2.20. The van der Waals surface area contributed by atoms with Gasteiger partial charge in [-0.25, -0.2) is 14.0 Å². The van der Waals surface area contributed by atoms with Gasteiger partial charge in [0, 0.05) is 10.9 Å². The molecule has 0 spiro atoms. The van der Waals surface area contributed by atoms with Crippen LogP contribution < -0.4 is 17.0 Å². The van der Waals surface area contributed by atoms with Gasteiger partial charge in [-0.1, -0.05) is 6.42 Å². The minimum Gasteiger partial charge on any atom is -0.397 e. The van der Waals surface area contributed by atoms with Crippen LogP contribution in [-0.2, 0) is 6.42 Å². The van der Waals surface area contributed by atoms with Gasteiger partial charge >= 0.3 is 11.3 Å². The molecule has 2 aromatic heterocycles. The maximum atomic E-state index is 13.5. The molecule has 0 aliphatic rings. The van der Waals surface area contributed by atoms with Crippen LogP contribution in [0.15, 0.2) is 36.7 Å². The standard InChI is InChI=1S/C15H15FN2O4/c16-9-5-6-12-11(8-9)10(4-2-1-3-7-17)13-18(12)22-15(20)14(19)21-13/h5-6,8H,1-4,7,17H2. The van der Waals surface area contributed by atoms with Crippen molar-refractivity contribution in [3.05, 3.63) is 50.4 Å². The molecule has 6 nitrogen and oxygen atoms in total. The first kappa shape index (κ1) is 14.5. The topological polar surface area (TPSA) is 90.9 Å². The first-order chi connectivity index (χ1) is 10.6. The highest BCUT2D eigenvalue weighted by Crippen LogP contribution is 2.27. The van der Waals surface area contributed by atoms with E-state index in [1.807, 2.05) is 0 Å². The van der Waals surface area contributed by atoms with Crippen molar-refractivity contribution in [2.75, 3.05) is 6.54 Å². The molecule has 0 bridgehead atoms. The molecule has 7 heteroatoms. The van der Waals surface area contributed by atoms with Crippen LogP contribution in [0.5, 0.6) is 0 Å². The van der Waals surface area contributed by atoms with Crippen LogP contribution in [-0.4, -0.2) is 11.1 Å². The number of halogens is 1. The molecular formula is C15H15FN2O4. The Morgan fingerprint density at radius 2 is 1.95 bits per heavy atom. The van der Waals surface area contributed by atoms with Gasteiger partial charge in [0.2, 0.25) is 5.71 Å². The Morgan fingerprint density at radius 3 is 2.73 bits per heavy atom. The zero-order chi connectivity index (χ0) is 15.7. The van der Waals surface area contributed by atoms with Crippen LogP contribution in [0.4, 0.5) is 4.39 Å². The van der Waals surface area contributed by atoms with E-state index >= 15 is 0 Å². The number of benzene rings is 1. The van der Waals surface area contributed by atoms with Gasteiger partial charge in [-0.3, -0.25) is 0 Å². The van der Waals surface area contributed by atoms with Crippen molar-refractivity contribution in [3.8, 4) is 0 Å². The normalized spacial score (nSPS) is 11.5. The number of hydrogen-bond donors (Lipinski definition) is 1.